The van der Waals surface area contributed by atoms with Gasteiger partial charge in [-0.3, -0.25) is 4.79 Å². The first-order valence-corrected chi connectivity index (χ1v) is 10.4. The molecular formula is C21H25N7O2. The standard InChI is InChI=1S/C21H25N7O2/c1-2-3-4-6-11-16(20(29)30)12-13-17-18(15-9-7-5-8-10-15)27-21(24-25-26-27)28-19(17)22-14-23-28/h5,7-10,14,16H,2-4,6,11-13H2,1H3,(H,29,30). The number of carboxylic acids is 1. The molecule has 1 N–H and O–H groups in total. The summed E-state index contributed by atoms with van der Waals surface area (Å²) in [6.45, 7) is 2.15. The maximum Gasteiger partial charge on any atom is 0.306 e. The van der Waals surface area contributed by atoms with Crippen LogP contribution in [0.5, 0.6) is 0 Å². The van der Waals surface area contributed by atoms with Crippen LogP contribution in [0.1, 0.15) is 51.0 Å². The second-order valence-corrected chi connectivity index (χ2v) is 7.50. The van der Waals surface area contributed by atoms with Gasteiger partial charge in [-0.15, -0.1) is 0 Å². The fourth-order valence-corrected chi connectivity index (χ4v) is 3.94. The van der Waals surface area contributed by atoms with E-state index >= 15 is 0 Å². The quantitative estimate of drug-likeness (QED) is 0.401. The predicted molar refractivity (Wildman–Crippen MR) is 111 cm³/mol. The average molecular weight is 407 g/mol. The third-order valence-electron chi connectivity index (χ3n) is 5.50. The Balaban J connectivity index is 1.72. The molecule has 9 heteroatoms. The molecule has 4 aromatic rings. The second kappa shape index (κ2) is 8.98. The molecule has 0 spiro atoms. The molecule has 0 bridgehead atoms. The monoisotopic (exact) mass is 407 g/mol. The molecule has 156 valence electrons. The number of tetrazole rings is 1. The molecule has 0 aliphatic heterocycles. The number of unbranched alkanes of at least 4 members (excludes halogenated alkanes) is 3. The molecule has 0 aliphatic carbocycles. The number of benzene rings is 1. The molecule has 3 aromatic heterocycles. The van der Waals surface area contributed by atoms with Crippen LogP contribution in [0.15, 0.2) is 36.7 Å². The highest BCUT2D eigenvalue weighted by atomic mass is 16.4. The van der Waals surface area contributed by atoms with Crippen molar-refractivity contribution >= 4 is 17.4 Å². The van der Waals surface area contributed by atoms with Gasteiger partial charge < -0.3 is 5.11 Å². The van der Waals surface area contributed by atoms with Crippen molar-refractivity contribution in [3.63, 3.8) is 0 Å². The summed E-state index contributed by atoms with van der Waals surface area (Å²) in [5.41, 5.74) is 3.33. The Bertz CT molecular complexity index is 1140. The highest BCUT2D eigenvalue weighted by Gasteiger charge is 2.23. The molecule has 0 amide bonds. The highest BCUT2D eigenvalue weighted by molar-refractivity contribution is 5.73. The Hall–Kier alpha value is -3.36. The van der Waals surface area contributed by atoms with Gasteiger partial charge in [0.15, 0.2) is 5.65 Å². The van der Waals surface area contributed by atoms with E-state index in [1.165, 1.54) is 6.33 Å². The lowest BCUT2D eigenvalue weighted by Crippen LogP contribution is -2.16. The van der Waals surface area contributed by atoms with Gasteiger partial charge in [0, 0.05) is 11.1 Å². The molecule has 1 atom stereocenters. The summed E-state index contributed by atoms with van der Waals surface area (Å²) in [7, 11) is 0. The minimum atomic E-state index is -0.742. The van der Waals surface area contributed by atoms with Crippen molar-refractivity contribution in [2.75, 3.05) is 0 Å². The van der Waals surface area contributed by atoms with Crippen molar-refractivity contribution in [1.29, 1.82) is 0 Å². The predicted octanol–water partition coefficient (Wildman–Crippen LogP) is 3.44. The van der Waals surface area contributed by atoms with Crippen molar-refractivity contribution in [2.45, 2.75) is 51.9 Å². The van der Waals surface area contributed by atoms with E-state index in [4.69, 9.17) is 0 Å². The lowest BCUT2D eigenvalue weighted by Gasteiger charge is -2.15. The van der Waals surface area contributed by atoms with Crippen LogP contribution in [0.3, 0.4) is 0 Å². The largest absolute Gasteiger partial charge is 0.481 e. The van der Waals surface area contributed by atoms with Gasteiger partial charge in [-0.25, -0.2) is 4.98 Å². The number of hydrogen-bond donors (Lipinski definition) is 1. The Morgan fingerprint density at radius 1 is 1.10 bits per heavy atom. The van der Waals surface area contributed by atoms with E-state index in [0.29, 0.717) is 30.7 Å². The molecule has 9 nitrogen and oxygen atoms in total. The highest BCUT2D eigenvalue weighted by Crippen LogP contribution is 2.29. The van der Waals surface area contributed by atoms with E-state index in [1.807, 2.05) is 30.3 Å². The average Bonchev–Trinajstić information content (AvgIpc) is 3.42. The summed E-state index contributed by atoms with van der Waals surface area (Å²) in [5.74, 6) is -0.661. The maximum atomic E-state index is 11.9. The van der Waals surface area contributed by atoms with Crippen molar-refractivity contribution in [1.82, 2.24) is 34.6 Å². The number of rotatable bonds is 10. The summed E-state index contributed by atoms with van der Waals surface area (Å²) in [6.07, 6.45) is 7.51. The minimum Gasteiger partial charge on any atom is -0.481 e. The van der Waals surface area contributed by atoms with Gasteiger partial charge in [-0.1, -0.05) is 68.0 Å². The number of aryl methyl sites for hydroxylation is 1. The molecule has 0 saturated heterocycles. The molecular weight excluding hydrogens is 382 g/mol. The molecule has 30 heavy (non-hydrogen) atoms. The molecule has 1 unspecified atom stereocenters. The zero-order valence-corrected chi connectivity index (χ0v) is 17.0. The first kappa shape index (κ1) is 19.9. The molecule has 1 aromatic carbocycles. The van der Waals surface area contributed by atoms with E-state index in [9.17, 15) is 9.90 Å². The van der Waals surface area contributed by atoms with Crippen LogP contribution in [0.25, 0.3) is 22.7 Å². The van der Waals surface area contributed by atoms with Crippen molar-refractivity contribution < 1.29 is 9.90 Å². The van der Waals surface area contributed by atoms with Gasteiger partial charge in [0.25, 0.3) is 5.78 Å². The lowest BCUT2D eigenvalue weighted by molar-refractivity contribution is -0.142. The Kier molecular flexibility index (Phi) is 5.97. The number of carboxylic acid groups (broad SMARTS) is 1. The molecule has 0 aliphatic rings. The van der Waals surface area contributed by atoms with E-state index in [1.54, 1.807) is 9.03 Å². The summed E-state index contributed by atoms with van der Waals surface area (Å²) in [5, 5.41) is 26.1. The van der Waals surface area contributed by atoms with Gasteiger partial charge in [-0.2, -0.15) is 14.1 Å². The third kappa shape index (κ3) is 3.87. The zero-order chi connectivity index (χ0) is 20.9. The normalized spacial score (nSPS) is 12.6. The molecule has 3 heterocycles. The molecule has 0 fully saturated rings. The Morgan fingerprint density at radius 3 is 2.70 bits per heavy atom. The van der Waals surface area contributed by atoms with E-state index < -0.39 is 11.9 Å². The summed E-state index contributed by atoms with van der Waals surface area (Å²) >= 11 is 0. The fourth-order valence-electron chi connectivity index (χ4n) is 3.94. The Labute approximate surface area is 173 Å². The Morgan fingerprint density at radius 2 is 1.93 bits per heavy atom. The second-order valence-electron chi connectivity index (χ2n) is 7.50. The van der Waals surface area contributed by atoms with E-state index in [2.05, 4.69) is 32.5 Å². The number of carbonyl (C=O) groups is 1. The van der Waals surface area contributed by atoms with Gasteiger partial charge in [0.05, 0.1) is 11.6 Å². The smallest absolute Gasteiger partial charge is 0.306 e. The summed E-state index contributed by atoms with van der Waals surface area (Å²) in [6, 6.07) is 9.85. The first-order chi connectivity index (χ1) is 14.7. The van der Waals surface area contributed by atoms with Gasteiger partial charge in [-0.05, 0) is 29.7 Å². The van der Waals surface area contributed by atoms with Gasteiger partial charge in [0.1, 0.15) is 6.33 Å². The number of fused-ring (bicyclic) bond motifs is 3. The number of aliphatic carboxylic acids is 1. The van der Waals surface area contributed by atoms with Crippen LogP contribution >= 0.6 is 0 Å². The number of nitrogens with zero attached hydrogens (tertiary/aromatic N) is 7. The first-order valence-electron chi connectivity index (χ1n) is 10.4. The van der Waals surface area contributed by atoms with Crippen molar-refractivity contribution in [2.24, 2.45) is 5.92 Å². The number of hydrogen-bond acceptors (Lipinski definition) is 6. The van der Waals surface area contributed by atoms with Crippen molar-refractivity contribution in [3.05, 3.63) is 42.2 Å². The van der Waals surface area contributed by atoms with E-state index in [0.717, 1.165) is 42.5 Å². The maximum absolute atomic E-state index is 11.9. The van der Waals surface area contributed by atoms with Crippen LogP contribution < -0.4 is 0 Å². The SMILES string of the molecule is CCCCCCC(CCc1c(-c2ccccc2)n2nnnc2n2ncnc12)C(=O)O. The van der Waals surface area contributed by atoms with E-state index in [-0.39, 0.29) is 0 Å². The van der Waals surface area contributed by atoms with Gasteiger partial charge in [0.2, 0.25) is 0 Å². The van der Waals surface area contributed by atoms with Crippen molar-refractivity contribution in [3.8, 4) is 11.3 Å². The van der Waals surface area contributed by atoms with Crippen LogP contribution in [0, 0.1) is 5.92 Å². The van der Waals surface area contributed by atoms with Crippen LogP contribution in [0.2, 0.25) is 0 Å². The zero-order valence-electron chi connectivity index (χ0n) is 17.0. The van der Waals surface area contributed by atoms with Gasteiger partial charge >= 0.3 is 5.97 Å². The summed E-state index contributed by atoms with van der Waals surface area (Å²) in [4.78, 5) is 16.3. The molecule has 0 saturated carbocycles. The lowest BCUT2D eigenvalue weighted by atomic mass is 9.92. The fraction of sp³-hybridized carbons (Fsp3) is 0.429. The minimum absolute atomic E-state index is 0.391. The van der Waals surface area contributed by atoms with Crippen LogP contribution in [0.4, 0.5) is 0 Å². The molecule has 0 radical (unpaired) electrons. The third-order valence-corrected chi connectivity index (χ3v) is 5.50. The summed E-state index contributed by atoms with van der Waals surface area (Å²) < 4.78 is 3.27. The van der Waals surface area contributed by atoms with Crippen LogP contribution in [-0.4, -0.2) is 45.7 Å². The molecule has 4 rings (SSSR count). The van der Waals surface area contributed by atoms with Crippen LogP contribution in [-0.2, 0) is 11.2 Å². The topological polar surface area (TPSA) is 111 Å². The number of aromatic nitrogens is 7.